The van der Waals surface area contributed by atoms with Crippen molar-refractivity contribution < 1.29 is 33.6 Å². The minimum atomic E-state index is -0.976. The van der Waals surface area contributed by atoms with Crippen LogP contribution in [0.15, 0.2) is 42.6 Å². The summed E-state index contributed by atoms with van der Waals surface area (Å²) in [7, 11) is 1.37. The summed E-state index contributed by atoms with van der Waals surface area (Å²) >= 11 is 0. The van der Waals surface area contributed by atoms with Gasteiger partial charge in [0.2, 0.25) is 0 Å². The first-order chi connectivity index (χ1) is 17.5. The SMILES string of the molecule is CCCC[C@H](c1ccccc1)[C@H](C)OC(=O)C(C)NC(=O)c1nccc(OC)c1OOC(=O)C(C)(C)C. The molecule has 3 atom stereocenters. The van der Waals surface area contributed by atoms with Crippen molar-refractivity contribution in [1.29, 1.82) is 0 Å². The maximum Gasteiger partial charge on any atom is 0.360 e. The van der Waals surface area contributed by atoms with Crippen LogP contribution in [0.3, 0.4) is 0 Å². The van der Waals surface area contributed by atoms with Gasteiger partial charge in [-0.25, -0.2) is 19.5 Å². The number of hydrogen-bond donors (Lipinski definition) is 1. The Morgan fingerprint density at radius 3 is 2.32 bits per heavy atom. The molecule has 9 heteroatoms. The Kier molecular flexibility index (Phi) is 10.9. The van der Waals surface area contributed by atoms with Crippen molar-refractivity contribution in [1.82, 2.24) is 10.3 Å². The lowest BCUT2D eigenvalue weighted by Gasteiger charge is -2.26. The normalized spacial score (nSPS) is 13.6. The molecule has 1 unspecified atom stereocenters. The number of aromatic nitrogens is 1. The molecule has 37 heavy (non-hydrogen) atoms. The van der Waals surface area contributed by atoms with Crippen LogP contribution in [0.5, 0.6) is 11.5 Å². The van der Waals surface area contributed by atoms with Gasteiger partial charge in [0.15, 0.2) is 11.4 Å². The average molecular weight is 515 g/mol. The van der Waals surface area contributed by atoms with Gasteiger partial charge in [-0.2, -0.15) is 0 Å². The molecule has 0 aliphatic rings. The number of carbonyl (C=O) groups is 3. The molecule has 1 aromatic heterocycles. The summed E-state index contributed by atoms with van der Waals surface area (Å²) in [5.74, 6) is -1.96. The monoisotopic (exact) mass is 514 g/mol. The van der Waals surface area contributed by atoms with Crippen molar-refractivity contribution in [3.63, 3.8) is 0 Å². The smallest absolute Gasteiger partial charge is 0.360 e. The quantitative estimate of drug-likeness (QED) is 0.239. The van der Waals surface area contributed by atoms with Gasteiger partial charge < -0.3 is 14.8 Å². The maximum absolute atomic E-state index is 13.0. The van der Waals surface area contributed by atoms with Crippen molar-refractivity contribution in [3.05, 3.63) is 53.9 Å². The summed E-state index contributed by atoms with van der Waals surface area (Å²) < 4.78 is 11.0. The third kappa shape index (κ3) is 8.48. The van der Waals surface area contributed by atoms with Crippen LogP contribution in [-0.2, 0) is 19.2 Å². The summed E-state index contributed by atoms with van der Waals surface area (Å²) in [6.45, 7) is 10.5. The van der Waals surface area contributed by atoms with Crippen LogP contribution < -0.4 is 14.9 Å². The number of pyridine rings is 1. The van der Waals surface area contributed by atoms with E-state index in [2.05, 4.69) is 17.2 Å². The summed E-state index contributed by atoms with van der Waals surface area (Å²) in [5.41, 5.74) is 0.0562. The molecule has 0 bridgehead atoms. The van der Waals surface area contributed by atoms with Crippen molar-refractivity contribution in [2.45, 2.75) is 78.9 Å². The summed E-state index contributed by atoms with van der Waals surface area (Å²) in [6.07, 6.45) is 3.84. The van der Waals surface area contributed by atoms with Gasteiger partial charge in [0, 0.05) is 18.2 Å². The molecule has 0 saturated heterocycles. The van der Waals surface area contributed by atoms with Crippen LogP contribution in [0.25, 0.3) is 0 Å². The van der Waals surface area contributed by atoms with Gasteiger partial charge in [-0.15, -0.1) is 0 Å². The lowest BCUT2D eigenvalue weighted by molar-refractivity contribution is -0.223. The van der Waals surface area contributed by atoms with Crippen LogP contribution in [-0.4, -0.2) is 42.1 Å². The first-order valence-corrected chi connectivity index (χ1v) is 12.5. The Labute approximate surface area is 218 Å². The van der Waals surface area contributed by atoms with E-state index in [-0.39, 0.29) is 23.1 Å². The minimum Gasteiger partial charge on any atom is -0.493 e. The second-order valence-corrected chi connectivity index (χ2v) is 9.89. The summed E-state index contributed by atoms with van der Waals surface area (Å²) in [6, 6.07) is 10.4. The molecule has 0 aliphatic carbocycles. The van der Waals surface area contributed by atoms with Gasteiger partial charge in [-0.05, 0) is 46.6 Å². The minimum absolute atomic E-state index is 0.0329. The molecule has 0 saturated carbocycles. The fourth-order valence-electron chi connectivity index (χ4n) is 3.53. The maximum atomic E-state index is 13.0. The summed E-state index contributed by atoms with van der Waals surface area (Å²) in [4.78, 5) is 52.2. The highest BCUT2D eigenvalue weighted by molar-refractivity contribution is 5.98. The number of benzene rings is 1. The van der Waals surface area contributed by atoms with E-state index in [0.717, 1.165) is 24.8 Å². The molecule has 1 heterocycles. The zero-order valence-corrected chi connectivity index (χ0v) is 22.7. The van der Waals surface area contributed by atoms with E-state index in [4.69, 9.17) is 19.2 Å². The van der Waals surface area contributed by atoms with E-state index in [9.17, 15) is 14.4 Å². The number of methoxy groups -OCH3 is 1. The summed E-state index contributed by atoms with van der Waals surface area (Å²) in [5, 5.41) is 2.58. The highest BCUT2D eigenvalue weighted by Gasteiger charge is 2.30. The topological polar surface area (TPSA) is 113 Å². The zero-order valence-electron chi connectivity index (χ0n) is 22.7. The van der Waals surface area contributed by atoms with E-state index in [1.54, 1.807) is 20.8 Å². The van der Waals surface area contributed by atoms with Crippen molar-refractivity contribution >= 4 is 17.8 Å². The molecule has 1 amide bonds. The number of amides is 1. The molecule has 0 aliphatic heterocycles. The highest BCUT2D eigenvalue weighted by atomic mass is 17.2. The van der Waals surface area contributed by atoms with Gasteiger partial charge in [-0.3, -0.25) is 9.68 Å². The molecule has 9 nitrogen and oxygen atoms in total. The second kappa shape index (κ2) is 13.6. The van der Waals surface area contributed by atoms with Gasteiger partial charge in [0.25, 0.3) is 11.7 Å². The van der Waals surface area contributed by atoms with Crippen molar-refractivity contribution in [2.24, 2.45) is 5.41 Å². The predicted octanol–water partition coefficient (Wildman–Crippen LogP) is 5.00. The van der Waals surface area contributed by atoms with E-state index in [1.807, 2.05) is 37.3 Å². The Hall–Kier alpha value is -3.62. The van der Waals surface area contributed by atoms with E-state index < -0.39 is 35.4 Å². The standard InChI is InChI=1S/C28H38N2O7/c1-8-9-15-21(20-13-11-10-12-14-20)19(3)35-26(32)18(2)30-25(31)23-24(22(34-7)16-17-29-23)36-37-27(33)28(4,5)6/h10-14,16-19,21H,8-9,15H2,1-7H3,(H,30,31)/t18?,19-,21-/m0/s1. The number of nitrogens with zero attached hydrogens (tertiary/aromatic N) is 1. The predicted molar refractivity (Wildman–Crippen MR) is 138 cm³/mol. The van der Waals surface area contributed by atoms with E-state index in [1.165, 1.54) is 26.3 Å². The molecule has 2 rings (SSSR count). The first-order valence-electron chi connectivity index (χ1n) is 12.5. The molecule has 1 aromatic carbocycles. The lowest BCUT2D eigenvalue weighted by atomic mass is 9.89. The number of unbranched alkanes of at least 4 members (excludes halogenated alkanes) is 1. The van der Waals surface area contributed by atoms with Crippen LogP contribution in [0.1, 0.15) is 82.8 Å². The Morgan fingerprint density at radius 2 is 1.73 bits per heavy atom. The highest BCUT2D eigenvalue weighted by Crippen LogP contribution is 2.31. The average Bonchev–Trinajstić information content (AvgIpc) is 2.87. The second-order valence-electron chi connectivity index (χ2n) is 9.89. The molecule has 1 N–H and O–H groups in total. The molecular formula is C28H38N2O7. The molecule has 2 aromatic rings. The van der Waals surface area contributed by atoms with Crippen LogP contribution >= 0.6 is 0 Å². The van der Waals surface area contributed by atoms with Crippen LogP contribution in [0, 0.1) is 5.41 Å². The number of carbonyl (C=O) groups excluding carboxylic acids is 3. The number of rotatable bonds is 12. The Bertz CT molecular complexity index is 1050. The molecule has 0 radical (unpaired) electrons. The van der Waals surface area contributed by atoms with E-state index >= 15 is 0 Å². The van der Waals surface area contributed by atoms with Gasteiger partial charge in [0.05, 0.1) is 12.5 Å². The molecule has 0 fully saturated rings. The van der Waals surface area contributed by atoms with E-state index in [0.29, 0.717) is 0 Å². The largest absolute Gasteiger partial charge is 0.493 e. The van der Waals surface area contributed by atoms with Gasteiger partial charge in [-0.1, -0.05) is 50.1 Å². The molecular weight excluding hydrogens is 476 g/mol. The van der Waals surface area contributed by atoms with Gasteiger partial charge in [0.1, 0.15) is 12.1 Å². The van der Waals surface area contributed by atoms with Crippen LogP contribution in [0.4, 0.5) is 0 Å². The zero-order chi connectivity index (χ0) is 27.6. The number of ether oxygens (including phenoxy) is 2. The third-order valence-electron chi connectivity index (χ3n) is 5.78. The third-order valence-corrected chi connectivity index (χ3v) is 5.78. The van der Waals surface area contributed by atoms with Gasteiger partial charge >= 0.3 is 11.9 Å². The molecule has 0 spiro atoms. The fraction of sp³-hybridized carbons (Fsp3) is 0.500. The van der Waals surface area contributed by atoms with Crippen molar-refractivity contribution in [3.8, 4) is 11.5 Å². The number of nitrogens with one attached hydrogen (secondary N) is 1. The van der Waals surface area contributed by atoms with Crippen LogP contribution in [0.2, 0.25) is 0 Å². The number of hydrogen-bond acceptors (Lipinski definition) is 8. The van der Waals surface area contributed by atoms with Crippen molar-refractivity contribution in [2.75, 3.05) is 7.11 Å². The Balaban J connectivity index is 2.12. The fourth-order valence-corrected chi connectivity index (χ4v) is 3.53. The lowest BCUT2D eigenvalue weighted by Crippen LogP contribution is -2.41. The number of esters is 1. The Morgan fingerprint density at radius 1 is 1.05 bits per heavy atom. The first kappa shape index (κ1) is 29.6. The molecule has 202 valence electrons.